The Balaban J connectivity index is 1.72. The lowest BCUT2D eigenvalue weighted by molar-refractivity contribution is -0.251. The SMILES string of the molecule is CSC[C@H](N=C([O-])OCC1c2ccccc2-c2ccccc21)C(=O)N[C@@H](CO)C(C)=O. The van der Waals surface area contributed by atoms with Gasteiger partial charge in [0.15, 0.2) is 5.78 Å². The molecule has 0 fully saturated rings. The van der Waals surface area contributed by atoms with Crippen LogP contribution in [0.3, 0.4) is 0 Å². The van der Waals surface area contributed by atoms with Crippen LogP contribution in [0.1, 0.15) is 24.0 Å². The number of amides is 1. The Kier molecular flexibility index (Phi) is 7.70. The van der Waals surface area contributed by atoms with E-state index in [1.807, 2.05) is 48.5 Å². The maximum absolute atomic E-state index is 12.4. The van der Waals surface area contributed by atoms with Gasteiger partial charge < -0.3 is 20.3 Å². The first-order chi connectivity index (χ1) is 15.0. The van der Waals surface area contributed by atoms with Gasteiger partial charge in [-0.25, -0.2) is 0 Å². The molecule has 0 aromatic heterocycles. The molecule has 0 unspecified atom stereocenters. The second kappa shape index (κ2) is 10.5. The highest BCUT2D eigenvalue weighted by molar-refractivity contribution is 7.98. The van der Waals surface area contributed by atoms with Crippen LogP contribution in [-0.2, 0) is 14.3 Å². The Hall–Kier alpha value is -2.84. The van der Waals surface area contributed by atoms with Crippen molar-refractivity contribution < 1.29 is 24.5 Å². The third kappa shape index (κ3) is 5.26. The normalized spacial score (nSPS) is 15.0. The average molecular weight is 442 g/mol. The summed E-state index contributed by atoms with van der Waals surface area (Å²) in [5, 5.41) is 24.1. The maximum Gasteiger partial charge on any atom is 0.246 e. The van der Waals surface area contributed by atoms with Crippen LogP contribution >= 0.6 is 11.8 Å². The van der Waals surface area contributed by atoms with Crippen molar-refractivity contribution in [1.82, 2.24) is 5.32 Å². The van der Waals surface area contributed by atoms with E-state index in [1.54, 1.807) is 6.26 Å². The number of thioether (sulfide) groups is 1. The van der Waals surface area contributed by atoms with Crippen LogP contribution in [0.5, 0.6) is 0 Å². The number of aliphatic imine (C=N–C) groups is 1. The average Bonchev–Trinajstić information content (AvgIpc) is 3.09. The van der Waals surface area contributed by atoms with Gasteiger partial charge in [0.25, 0.3) is 0 Å². The Morgan fingerprint density at radius 2 is 1.74 bits per heavy atom. The van der Waals surface area contributed by atoms with Gasteiger partial charge in [-0.3, -0.25) is 14.6 Å². The number of carbonyl (C=O) groups excluding carboxylic acids is 2. The molecule has 0 aliphatic heterocycles. The van der Waals surface area contributed by atoms with Gasteiger partial charge in [-0.15, -0.1) is 0 Å². The summed E-state index contributed by atoms with van der Waals surface area (Å²) in [5.74, 6) is -0.834. The highest BCUT2D eigenvalue weighted by atomic mass is 32.2. The standard InChI is InChI=1S/C23H26N2O5S/c1-14(27)20(11-26)24-22(28)21(13-31-2)25-23(29)30-12-19-17-9-5-3-7-15(17)16-8-4-6-10-18(16)19/h3-10,19-21,26H,11-13H2,1-2H3,(H,24,28)(H,25,29)/p-1/t20-,21-/m0/s1. The highest BCUT2D eigenvalue weighted by Crippen LogP contribution is 2.44. The molecule has 2 aromatic rings. The van der Waals surface area contributed by atoms with Gasteiger partial charge in [0.05, 0.1) is 6.61 Å². The van der Waals surface area contributed by atoms with Gasteiger partial charge in [0.2, 0.25) is 5.91 Å². The number of carbonyl (C=O) groups is 2. The first-order valence-electron chi connectivity index (χ1n) is 9.92. The summed E-state index contributed by atoms with van der Waals surface area (Å²) in [6.07, 6.45) is 0.946. The Labute approximate surface area is 185 Å². The fraction of sp³-hybridized carbons (Fsp3) is 0.348. The number of nitrogens with one attached hydrogen (secondary N) is 1. The third-order valence-electron chi connectivity index (χ3n) is 5.21. The molecule has 2 N–H and O–H groups in total. The highest BCUT2D eigenvalue weighted by Gasteiger charge is 2.27. The molecule has 3 rings (SSSR count). The van der Waals surface area contributed by atoms with Gasteiger partial charge in [-0.2, -0.15) is 11.8 Å². The van der Waals surface area contributed by atoms with E-state index in [9.17, 15) is 19.8 Å². The number of ether oxygens (including phenoxy) is 1. The molecule has 2 aromatic carbocycles. The fourth-order valence-electron chi connectivity index (χ4n) is 3.63. The Morgan fingerprint density at radius 1 is 1.16 bits per heavy atom. The van der Waals surface area contributed by atoms with Crippen molar-refractivity contribution in [3.05, 3.63) is 59.7 Å². The van der Waals surface area contributed by atoms with Gasteiger partial charge in [-0.05, 0) is 35.4 Å². The van der Waals surface area contributed by atoms with Crippen LogP contribution in [0.15, 0.2) is 53.5 Å². The number of nitrogens with zero attached hydrogens (tertiary/aromatic N) is 1. The quantitative estimate of drug-likeness (QED) is 0.449. The molecule has 7 nitrogen and oxygen atoms in total. The summed E-state index contributed by atoms with van der Waals surface area (Å²) >= 11 is 1.34. The molecule has 1 aliphatic carbocycles. The summed E-state index contributed by atoms with van der Waals surface area (Å²) in [6, 6.07) is 14.0. The number of hydrogen-bond donors (Lipinski definition) is 2. The van der Waals surface area contributed by atoms with Gasteiger partial charge in [0.1, 0.15) is 18.2 Å². The molecule has 1 amide bonds. The second-order valence-electron chi connectivity index (χ2n) is 7.26. The maximum atomic E-state index is 12.4. The lowest BCUT2D eigenvalue weighted by Gasteiger charge is -2.23. The summed E-state index contributed by atoms with van der Waals surface area (Å²) in [4.78, 5) is 27.8. The minimum Gasteiger partial charge on any atom is -0.599 e. The van der Waals surface area contributed by atoms with Crippen molar-refractivity contribution in [3.8, 4) is 11.1 Å². The molecule has 8 heteroatoms. The molecule has 0 spiro atoms. The molecule has 1 aliphatic rings. The lowest BCUT2D eigenvalue weighted by atomic mass is 9.98. The van der Waals surface area contributed by atoms with Crippen molar-refractivity contribution in [3.63, 3.8) is 0 Å². The minimum atomic E-state index is -1.02. The van der Waals surface area contributed by atoms with Crippen molar-refractivity contribution in [2.45, 2.75) is 24.9 Å². The number of Topliss-reactive ketones (excluding diaryl/α,β-unsaturated/α-hetero) is 1. The number of hydrogen-bond acceptors (Lipinski definition) is 7. The Morgan fingerprint density at radius 3 is 2.26 bits per heavy atom. The number of rotatable bonds is 9. The molecular formula is C23H25N2O5S-. The second-order valence-corrected chi connectivity index (χ2v) is 8.17. The summed E-state index contributed by atoms with van der Waals surface area (Å²) in [6.45, 7) is 0.863. The number of aliphatic hydroxyl groups excluding tert-OH is 1. The summed E-state index contributed by atoms with van der Waals surface area (Å²) < 4.78 is 5.43. The first kappa shape index (κ1) is 22.8. The molecule has 164 valence electrons. The van der Waals surface area contributed by atoms with Crippen LogP contribution in [0.2, 0.25) is 0 Å². The van der Waals surface area contributed by atoms with E-state index in [0.29, 0.717) is 0 Å². The zero-order valence-electron chi connectivity index (χ0n) is 17.4. The number of aliphatic hydroxyl groups is 1. The predicted octanol–water partition coefficient (Wildman–Crippen LogP) is 1.33. The van der Waals surface area contributed by atoms with E-state index < -0.39 is 30.7 Å². The lowest BCUT2D eigenvalue weighted by Crippen LogP contribution is -2.47. The number of benzene rings is 2. The van der Waals surface area contributed by atoms with Crippen molar-refractivity contribution >= 4 is 29.5 Å². The largest absolute Gasteiger partial charge is 0.599 e. The fourth-order valence-corrected chi connectivity index (χ4v) is 4.17. The molecule has 31 heavy (non-hydrogen) atoms. The van der Waals surface area contributed by atoms with Crippen molar-refractivity contribution in [2.75, 3.05) is 25.2 Å². The third-order valence-corrected chi connectivity index (χ3v) is 5.86. The summed E-state index contributed by atoms with van der Waals surface area (Å²) in [5.41, 5.74) is 4.41. The van der Waals surface area contributed by atoms with E-state index in [2.05, 4.69) is 10.3 Å². The van der Waals surface area contributed by atoms with Gasteiger partial charge >= 0.3 is 0 Å². The van der Waals surface area contributed by atoms with E-state index in [-0.39, 0.29) is 24.1 Å². The topological polar surface area (TPSA) is 111 Å². The van der Waals surface area contributed by atoms with Gasteiger partial charge in [0, 0.05) is 18.3 Å². The predicted molar refractivity (Wildman–Crippen MR) is 119 cm³/mol. The monoisotopic (exact) mass is 441 g/mol. The molecule has 0 heterocycles. The van der Waals surface area contributed by atoms with E-state index in [0.717, 1.165) is 22.3 Å². The molecule has 0 radical (unpaired) electrons. The minimum absolute atomic E-state index is 0.101. The van der Waals surface area contributed by atoms with Gasteiger partial charge in [-0.1, -0.05) is 48.5 Å². The van der Waals surface area contributed by atoms with Crippen LogP contribution in [0, 0.1) is 0 Å². The molecule has 0 saturated carbocycles. The molecule has 0 saturated heterocycles. The first-order valence-corrected chi connectivity index (χ1v) is 11.3. The molecule has 0 bridgehead atoms. The number of fused-ring (bicyclic) bond motifs is 3. The number of ketones is 1. The summed E-state index contributed by atoms with van der Waals surface area (Å²) in [7, 11) is 0. The van der Waals surface area contributed by atoms with Crippen molar-refractivity contribution in [2.24, 2.45) is 4.99 Å². The zero-order valence-corrected chi connectivity index (χ0v) is 18.2. The van der Waals surface area contributed by atoms with Crippen LogP contribution in [0.25, 0.3) is 11.1 Å². The van der Waals surface area contributed by atoms with E-state index in [1.165, 1.54) is 18.7 Å². The van der Waals surface area contributed by atoms with Crippen LogP contribution < -0.4 is 10.4 Å². The zero-order chi connectivity index (χ0) is 22.4. The van der Waals surface area contributed by atoms with Crippen LogP contribution in [-0.4, -0.2) is 60.2 Å². The van der Waals surface area contributed by atoms with Crippen LogP contribution in [0.4, 0.5) is 0 Å². The smallest absolute Gasteiger partial charge is 0.246 e. The Bertz CT molecular complexity index is 932. The van der Waals surface area contributed by atoms with E-state index in [4.69, 9.17) is 4.74 Å². The van der Waals surface area contributed by atoms with Crippen molar-refractivity contribution in [1.29, 1.82) is 0 Å². The molecule has 2 atom stereocenters. The molecular weight excluding hydrogens is 416 g/mol. The van der Waals surface area contributed by atoms with E-state index >= 15 is 0 Å².